The monoisotopic (exact) mass is 226 g/mol. The Balaban J connectivity index is 2.48. The zero-order valence-electron chi connectivity index (χ0n) is 9.44. The lowest BCUT2D eigenvalue weighted by Crippen LogP contribution is -2.29. The van der Waals surface area contributed by atoms with Crippen LogP contribution in [-0.2, 0) is 4.79 Å². The Morgan fingerprint density at radius 2 is 2.44 bits per heavy atom. The van der Waals surface area contributed by atoms with Crippen LogP contribution >= 0.6 is 0 Å². The molecule has 1 unspecified atom stereocenters. The molecule has 1 aromatic rings. The van der Waals surface area contributed by atoms with Crippen molar-refractivity contribution < 1.29 is 4.79 Å². The molecule has 0 fully saturated rings. The van der Waals surface area contributed by atoms with E-state index in [0.29, 0.717) is 25.2 Å². The third-order valence-corrected chi connectivity index (χ3v) is 2.19. The molecular formula is C9H18N6O. The molecule has 1 amide bonds. The number of nitrogens with zero attached hydrogens (tertiary/aromatic N) is 3. The summed E-state index contributed by atoms with van der Waals surface area (Å²) in [6, 6.07) is -0.158. The van der Waals surface area contributed by atoms with Crippen molar-refractivity contribution in [1.29, 1.82) is 0 Å². The zero-order chi connectivity index (χ0) is 11.8. The highest BCUT2D eigenvalue weighted by Crippen LogP contribution is 2.13. The molecule has 7 heteroatoms. The average molecular weight is 226 g/mol. The Hall–Kier alpha value is -1.50. The molecule has 7 nitrogen and oxygen atoms in total. The zero-order valence-corrected chi connectivity index (χ0v) is 9.44. The smallest absolute Gasteiger partial charge is 0.220 e. The normalized spacial score (nSPS) is 12.4. The number of hydrogen-bond acceptors (Lipinski definition) is 5. The molecule has 16 heavy (non-hydrogen) atoms. The van der Waals surface area contributed by atoms with Crippen molar-refractivity contribution in [2.75, 3.05) is 6.54 Å². The molecule has 0 spiro atoms. The quantitative estimate of drug-likeness (QED) is 0.601. The number of H-pyrrole nitrogens is 1. The minimum atomic E-state index is -0.158. The number of hydrogen-bond donors (Lipinski definition) is 3. The Labute approximate surface area is 94.2 Å². The molecule has 1 atom stereocenters. The van der Waals surface area contributed by atoms with E-state index in [1.165, 1.54) is 0 Å². The van der Waals surface area contributed by atoms with E-state index >= 15 is 0 Å². The summed E-state index contributed by atoms with van der Waals surface area (Å²) in [4.78, 5) is 11.5. The van der Waals surface area contributed by atoms with Gasteiger partial charge in [0, 0.05) is 6.42 Å². The number of tetrazole rings is 1. The minimum absolute atomic E-state index is 0.0197. The average Bonchev–Trinajstić information content (AvgIpc) is 2.79. The van der Waals surface area contributed by atoms with Crippen molar-refractivity contribution in [2.45, 2.75) is 38.6 Å². The highest BCUT2D eigenvalue weighted by molar-refractivity contribution is 5.76. The maximum atomic E-state index is 11.5. The number of carbonyl (C=O) groups excluding carboxylic acids is 1. The Kier molecular flexibility index (Phi) is 5.41. The van der Waals surface area contributed by atoms with E-state index < -0.39 is 0 Å². The van der Waals surface area contributed by atoms with Crippen molar-refractivity contribution in [3.05, 3.63) is 5.82 Å². The molecule has 0 saturated carbocycles. The molecule has 0 aromatic carbocycles. The van der Waals surface area contributed by atoms with Gasteiger partial charge in [-0.15, -0.1) is 10.2 Å². The van der Waals surface area contributed by atoms with Gasteiger partial charge in [0.15, 0.2) is 5.82 Å². The molecule has 0 saturated heterocycles. The van der Waals surface area contributed by atoms with Gasteiger partial charge in [-0.3, -0.25) is 4.79 Å². The van der Waals surface area contributed by atoms with Gasteiger partial charge >= 0.3 is 0 Å². The topological polar surface area (TPSA) is 110 Å². The standard InChI is InChI=1S/C9H18N6O/c1-2-4-7(9-12-14-15-13-9)11-8(16)5-3-6-10/h7H,2-6,10H2,1H3,(H,11,16)(H,12,13,14,15). The lowest BCUT2D eigenvalue weighted by atomic mass is 10.1. The first-order valence-corrected chi connectivity index (χ1v) is 5.50. The van der Waals surface area contributed by atoms with Crippen molar-refractivity contribution in [2.24, 2.45) is 5.73 Å². The van der Waals surface area contributed by atoms with Crippen LogP contribution in [0.15, 0.2) is 0 Å². The number of aromatic nitrogens is 4. The van der Waals surface area contributed by atoms with Crippen LogP contribution in [0.2, 0.25) is 0 Å². The third-order valence-electron chi connectivity index (χ3n) is 2.19. The van der Waals surface area contributed by atoms with E-state index in [9.17, 15) is 4.79 Å². The fourth-order valence-electron chi connectivity index (χ4n) is 1.40. The molecule has 1 aromatic heterocycles. The van der Waals surface area contributed by atoms with Crippen LogP contribution in [0.25, 0.3) is 0 Å². The van der Waals surface area contributed by atoms with Crippen LogP contribution in [0.1, 0.15) is 44.5 Å². The van der Waals surface area contributed by atoms with Crippen molar-refractivity contribution in [1.82, 2.24) is 25.9 Å². The van der Waals surface area contributed by atoms with Gasteiger partial charge in [-0.2, -0.15) is 5.21 Å². The summed E-state index contributed by atoms with van der Waals surface area (Å²) in [6.07, 6.45) is 2.87. The van der Waals surface area contributed by atoms with Crippen LogP contribution in [0.4, 0.5) is 0 Å². The Bertz CT molecular complexity index is 299. The fourth-order valence-corrected chi connectivity index (χ4v) is 1.40. The molecule has 0 aliphatic heterocycles. The van der Waals surface area contributed by atoms with Gasteiger partial charge in [0.2, 0.25) is 5.91 Å². The lowest BCUT2D eigenvalue weighted by Gasteiger charge is -2.13. The van der Waals surface area contributed by atoms with Gasteiger partial charge in [-0.1, -0.05) is 18.6 Å². The van der Waals surface area contributed by atoms with E-state index in [1.54, 1.807) is 0 Å². The predicted octanol–water partition coefficient (Wildman–Crippen LogP) is -0.104. The summed E-state index contributed by atoms with van der Waals surface area (Å²) < 4.78 is 0. The maximum absolute atomic E-state index is 11.5. The number of rotatable bonds is 7. The summed E-state index contributed by atoms with van der Waals surface area (Å²) in [5, 5.41) is 16.5. The van der Waals surface area contributed by atoms with Gasteiger partial charge in [0.1, 0.15) is 0 Å². The highest BCUT2D eigenvalue weighted by Gasteiger charge is 2.17. The van der Waals surface area contributed by atoms with Gasteiger partial charge in [0.25, 0.3) is 0 Å². The second kappa shape index (κ2) is 6.89. The van der Waals surface area contributed by atoms with Gasteiger partial charge in [0.05, 0.1) is 6.04 Å². The van der Waals surface area contributed by atoms with Crippen LogP contribution in [0.5, 0.6) is 0 Å². The first kappa shape index (κ1) is 12.6. The Morgan fingerprint density at radius 1 is 1.62 bits per heavy atom. The molecule has 0 aliphatic rings. The van der Waals surface area contributed by atoms with Crippen LogP contribution in [0, 0.1) is 0 Å². The van der Waals surface area contributed by atoms with E-state index in [1.807, 2.05) is 6.92 Å². The molecule has 1 heterocycles. The molecule has 0 bridgehead atoms. The predicted molar refractivity (Wildman–Crippen MR) is 58.3 cm³/mol. The van der Waals surface area contributed by atoms with Crippen molar-refractivity contribution in [3.8, 4) is 0 Å². The number of nitrogens with two attached hydrogens (primary N) is 1. The number of nitrogens with one attached hydrogen (secondary N) is 2. The summed E-state index contributed by atoms with van der Waals surface area (Å²) >= 11 is 0. The maximum Gasteiger partial charge on any atom is 0.220 e. The largest absolute Gasteiger partial charge is 0.346 e. The second-order valence-corrected chi connectivity index (χ2v) is 3.57. The fraction of sp³-hybridized carbons (Fsp3) is 0.778. The first-order chi connectivity index (χ1) is 7.77. The van der Waals surface area contributed by atoms with Gasteiger partial charge in [-0.05, 0) is 19.4 Å². The molecule has 0 radical (unpaired) electrons. The second-order valence-electron chi connectivity index (χ2n) is 3.57. The highest BCUT2D eigenvalue weighted by atomic mass is 16.1. The number of aromatic amines is 1. The Morgan fingerprint density at radius 3 is 3.00 bits per heavy atom. The summed E-state index contributed by atoms with van der Waals surface area (Å²) in [7, 11) is 0. The van der Waals surface area contributed by atoms with E-state index in [-0.39, 0.29) is 11.9 Å². The van der Waals surface area contributed by atoms with Crippen LogP contribution in [0.3, 0.4) is 0 Å². The summed E-state index contributed by atoms with van der Waals surface area (Å²) in [6.45, 7) is 2.56. The summed E-state index contributed by atoms with van der Waals surface area (Å²) in [5.41, 5.74) is 5.34. The van der Waals surface area contributed by atoms with Gasteiger partial charge in [-0.25, -0.2) is 0 Å². The molecule has 4 N–H and O–H groups in total. The van der Waals surface area contributed by atoms with Crippen molar-refractivity contribution >= 4 is 5.91 Å². The number of carbonyl (C=O) groups is 1. The van der Waals surface area contributed by atoms with E-state index in [2.05, 4.69) is 25.9 Å². The minimum Gasteiger partial charge on any atom is -0.346 e. The van der Waals surface area contributed by atoms with Crippen LogP contribution < -0.4 is 11.1 Å². The summed E-state index contributed by atoms with van der Waals surface area (Å²) in [5.74, 6) is 0.511. The van der Waals surface area contributed by atoms with Gasteiger partial charge < -0.3 is 11.1 Å². The molecule has 0 aliphatic carbocycles. The van der Waals surface area contributed by atoms with Crippen LogP contribution in [-0.4, -0.2) is 33.1 Å². The third kappa shape index (κ3) is 3.93. The SMILES string of the molecule is CCCC(NC(=O)CCCN)c1nn[nH]n1. The lowest BCUT2D eigenvalue weighted by molar-refractivity contribution is -0.122. The molecular weight excluding hydrogens is 208 g/mol. The first-order valence-electron chi connectivity index (χ1n) is 5.50. The van der Waals surface area contributed by atoms with E-state index in [4.69, 9.17) is 5.73 Å². The number of amides is 1. The van der Waals surface area contributed by atoms with E-state index in [0.717, 1.165) is 12.8 Å². The molecule has 90 valence electrons. The molecule has 1 rings (SSSR count). The van der Waals surface area contributed by atoms with Crippen molar-refractivity contribution in [3.63, 3.8) is 0 Å².